The topological polar surface area (TPSA) is 47.9 Å². The third-order valence-corrected chi connectivity index (χ3v) is 5.76. The Hall–Kier alpha value is -1.90. The summed E-state index contributed by atoms with van der Waals surface area (Å²) in [5.74, 6) is 0.295. The molecule has 1 heterocycles. The third-order valence-electron chi connectivity index (χ3n) is 4.50. The summed E-state index contributed by atoms with van der Waals surface area (Å²) in [6, 6.07) is 9.92. The van der Waals surface area contributed by atoms with E-state index in [9.17, 15) is 18.3 Å². The molecule has 0 radical (unpaired) electrons. The fraction of sp³-hybridized carbons (Fsp3) is 0.429. The second-order valence-corrected chi connectivity index (χ2v) is 8.57. The summed E-state index contributed by atoms with van der Waals surface area (Å²) >= 11 is 1.54. The number of thioether (sulfide) groups is 1. The Kier molecular flexibility index (Phi) is 6.08. The van der Waals surface area contributed by atoms with Crippen molar-refractivity contribution in [2.75, 3.05) is 19.0 Å². The molecule has 4 nitrogen and oxygen atoms in total. The van der Waals surface area contributed by atoms with Crippen LogP contribution < -0.4 is 4.74 Å². The predicted octanol–water partition coefficient (Wildman–Crippen LogP) is 5.41. The fourth-order valence-corrected chi connectivity index (χ4v) is 4.04. The molecule has 1 N–H and O–H groups in total. The minimum atomic E-state index is -4.38. The highest BCUT2D eigenvalue weighted by Crippen LogP contribution is 2.37. The lowest BCUT2D eigenvalue weighted by Gasteiger charge is -2.29. The maximum absolute atomic E-state index is 12.7. The first-order chi connectivity index (χ1) is 13.5. The van der Waals surface area contributed by atoms with Crippen LogP contribution in [0.15, 0.2) is 47.4 Å². The molecule has 2 aromatic carbocycles. The van der Waals surface area contributed by atoms with Crippen LogP contribution in [0.1, 0.15) is 25.0 Å². The minimum absolute atomic E-state index is 0.131. The van der Waals surface area contributed by atoms with E-state index in [4.69, 9.17) is 14.2 Å². The van der Waals surface area contributed by atoms with E-state index in [-0.39, 0.29) is 12.4 Å². The van der Waals surface area contributed by atoms with Gasteiger partial charge in [-0.2, -0.15) is 13.2 Å². The first kappa shape index (κ1) is 21.8. The van der Waals surface area contributed by atoms with Crippen molar-refractivity contribution in [1.29, 1.82) is 0 Å². The van der Waals surface area contributed by atoms with E-state index >= 15 is 0 Å². The van der Waals surface area contributed by atoms with Crippen molar-refractivity contribution in [1.82, 2.24) is 0 Å². The zero-order valence-electron chi connectivity index (χ0n) is 16.4. The molecule has 0 spiro atoms. The first-order valence-corrected chi connectivity index (χ1v) is 10.0. The van der Waals surface area contributed by atoms with Crippen LogP contribution in [0.25, 0.3) is 0 Å². The van der Waals surface area contributed by atoms with Gasteiger partial charge in [0.1, 0.15) is 23.7 Å². The normalized spacial score (nSPS) is 21.3. The molecule has 1 aliphatic heterocycles. The third kappa shape index (κ3) is 5.58. The highest BCUT2D eigenvalue weighted by Gasteiger charge is 2.46. The van der Waals surface area contributed by atoms with Crippen LogP contribution in [0.4, 0.5) is 13.2 Å². The molecule has 0 aromatic heterocycles. The molecule has 1 fully saturated rings. The average molecular weight is 428 g/mol. The largest absolute Gasteiger partial charge is 0.508 e. The lowest BCUT2D eigenvalue weighted by atomic mass is 10.1. The van der Waals surface area contributed by atoms with Gasteiger partial charge in [-0.05, 0) is 68.8 Å². The second kappa shape index (κ2) is 8.08. The molecule has 8 heteroatoms. The number of hydrogen-bond donors (Lipinski definition) is 1. The van der Waals surface area contributed by atoms with Crippen LogP contribution in [0.5, 0.6) is 11.5 Å². The number of hydrogen-bond acceptors (Lipinski definition) is 5. The molecule has 0 aliphatic carbocycles. The number of ether oxygens (including phenoxy) is 3. The highest BCUT2D eigenvalue weighted by molar-refractivity contribution is 7.99. The van der Waals surface area contributed by atoms with Crippen LogP contribution >= 0.6 is 11.8 Å². The van der Waals surface area contributed by atoms with Crippen molar-refractivity contribution >= 4 is 11.8 Å². The Morgan fingerprint density at radius 2 is 1.83 bits per heavy atom. The molecule has 29 heavy (non-hydrogen) atoms. The summed E-state index contributed by atoms with van der Waals surface area (Å²) in [6.07, 6.45) is -4.38. The number of phenolic OH excluding ortho intramolecular Hbond substituents is 1. The van der Waals surface area contributed by atoms with Crippen LogP contribution in [0.2, 0.25) is 0 Å². The first-order valence-electron chi connectivity index (χ1n) is 9.05. The number of alkyl halides is 3. The van der Waals surface area contributed by atoms with E-state index in [1.165, 1.54) is 23.9 Å². The zero-order valence-corrected chi connectivity index (χ0v) is 17.2. The molecular formula is C21H23F3O4S. The second-order valence-electron chi connectivity index (χ2n) is 7.52. The number of phenols is 1. The van der Waals surface area contributed by atoms with Crippen molar-refractivity contribution in [3.05, 3.63) is 53.6 Å². The van der Waals surface area contributed by atoms with Crippen LogP contribution in [0.3, 0.4) is 0 Å². The SMILES string of the molecule is Cc1cc(SCC2(COc3ccc(C(F)(F)F)cc3)COC(C)(C)O2)ccc1O. The van der Waals surface area contributed by atoms with Crippen LogP contribution in [-0.2, 0) is 15.7 Å². The molecule has 0 amide bonds. The average Bonchev–Trinajstić information content (AvgIpc) is 2.96. The van der Waals surface area contributed by atoms with Crippen LogP contribution in [-0.4, -0.2) is 35.5 Å². The van der Waals surface area contributed by atoms with E-state index in [0.717, 1.165) is 22.6 Å². The Balaban J connectivity index is 1.69. The number of rotatable bonds is 6. The van der Waals surface area contributed by atoms with Gasteiger partial charge in [-0.15, -0.1) is 11.8 Å². The van der Waals surface area contributed by atoms with Crippen LogP contribution in [0, 0.1) is 6.92 Å². The fourth-order valence-electron chi connectivity index (χ4n) is 2.96. The zero-order chi connectivity index (χ0) is 21.3. The minimum Gasteiger partial charge on any atom is -0.508 e. The van der Waals surface area contributed by atoms with Crippen molar-refractivity contribution in [2.24, 2.45) is 0 Å². The lowest BCUT2D eigenvalue weighted by molar-refractivity contribution is -0.161. The van der Waals surface area contributed by atoms with Crippen molar-refractivity contribution < 1.29 is 32.5 Å². The molecule has 1 atom stereocenters. The molecule has 158 valence electrons. The summed E-state index contributed by atoms with van der Waals surface area (Å²) in [6.45, 7) is 5.86. The Morgan fingerprint density at radius 1 is 1.14 bits per heavy atom. The molecular weight excluding hydrogens is 405 g/mol. The van der Waals surface area contributed by atoms with Gasteiger partial charge in [0, 0.05) is 10.6 Å². The Bertz CT molecular complexity index is 852. The number of aryl methyl sites for hydroxylation is 1. The Morgan fingerprint density at radius 3 is 2.38 bits per heavy atom. The summed E-state index contributed by atoms with van der Waals surface area (Å²) < 4.78 is 55.8. The molecule has 1 aliphatic rings. The predicted molar refractivity (Wildman–Crippen MR) is 104 cm³/mol. The van der Waals surface area contributed by atoms with Gasteiger partial charge in [0.25, 0.3) is 0 Å². The van der Waals surface area contributed by atoms with E-state index in [1.54, 1.807) is 6.07 Å². The smallest absolute Gasteiger partial charge is 0.416 e. The van der Waals surface area contributed by atoms with Gasteiger partial charge in [-0.25, -0.2) is 0 Å². The van der Waals surface area contributed by atoms with E-state index < -0.39 is 23.1 Å². The van der Waals surface area contributed by atoms with Gasteiger partial charge in [-0.3, -0.25) is 0 Å². The molecule has 2 aromatic rings. The van der Waals surface area contributed by atoms with Gasteiger partial charge in [0.2, 0.25) is 0 Å². The van der Waals surface area contributed by atoms with Gasteiger partial charge in [0.15, 0.2) is 5.79 Å². The summed E-state index contributed by atoms with van der Waals surface area (Å²) in [5.41, 5.74) is -0.712. The van der Waals surface area contributed by atoms with Gasteiger partial charge >= 0.3 is 6.18 Å². The number of benzene rings is 2. The van der Waals surface area contributed by atoms with Gasteiger partial charge in [-0.1, -0.05) is 0 Å². The summed E-state index contributed by atoms with van der Waals surface area (Å²) in [4.78, 5) is 0.961. The molecule has 1 unspecified atom stereocenters. The molecule has 1 saturated heterocycles. The highest BCUT2D eigenvalue weighted by atomic mass is 32.2. The maximum atomic E-state index is 12.7. The van der Waals surface area contributed by atoms with Gasteiger partial charge < -0.3 is 19.3 Å². The Labute approximate surface area is 172 Å². The summed E-state index contributed by atoms with van der Waals surface area (Å²) in [5, 5.41) is 9.68. The standard InChI is InChI=1S/C21H23F3O4S/c1-14-10-17(8-9-18(14)25)29-13-20(12-27-19(2,3)28-20)11-26-16-6-4-15(5-7-16)21(22,23)24/h4-10,25H,11-13H2,1-3H3. The number of aromatic hydroxyl groups is 1. The molecule has 0 saturated carbocycles. The maximum Gasteiger partial charge on any atom is 0.416 e. The lowest BCUT2D eigenvalue weighted by Crippen LogP contribution is -2.43. The quantitative estimate of drug-likeness (QED) is 0.624. The van der Waals surface area contributed by atoms with Crippen molar-refractivity contribution in [2.45, 2.75) is 43.2 Å². The van der Waals surface area contributed by atoms with E-state index in [0.29, 0.717) is 18.1 Å². The molecule has 3 rings (SSSR count). The van der Waals surface area contributed by atoms with Crippen molar-refractivity contribution in [3.8, 4) is 11.5 Å². The van der Waals surface area contributed by atoms with E-state index in [2.05, 4.69) is 0 Å². The van der Waals surface area contributed by atoms with Crippen molar-refractivity contribution in [3.63, 3.8) is 0 Å². The monoisotopic (exact) mass is 428 g/mol. The summed E-state index contributed by atoms with van der Waals surface area (Å²) in [7, 11) is 0. The molecule has 0 bridgehead atoms. The van der Waals surface area contributed by atoms with E-state index in [1.807, 2.05) is 32.9 Å². The number of halogens is 3. The van der Waals surface area contributed by atoms with Gasteiger partial charge in [0.05, 0.1) is 12.2 Å².